The first-order valence-corrected chi connectivity index (χ1v) is 7.14. The van der Waals surface area contributed by atoms with E-state index in [1.807, 2.05) is 0 Å². The minimum absolute atomic E-state index is 0.0825. The van der Waals surface area contributed by atoms with E-state index in [1.54, 1.807) is 12.1 Å². The molecule has 0 heterocycles. The number of non-ortho nitro benzene ring substituents is 1. The molecule has 1 aromatic rings. The zero-order valence-electron chi connectivity index (χ0n) is 12.2. The number of methoxy groups -OCH3 is 1. The van der Waals surface area contributed by atoms with Crippen LogP contribution in [0.2, 0.25) is 0 Å². The van der Waals surface area contributed by atoms with E-state index in [-0.39, 0.29) is 18.2 Å². The number of rotatable bonds is 6. The predicted octanol–water partition coefficient (Wildman–Crippen LogP) is 2.51. The van der Waals surface area contributed by atoms with Gasteiger partial charge in [-0.1, -0.05) is 25.0 Å². The normalized spacial score (nSPS) is 15.3. The highest BCUT2D eigenvalue weighted by molar-refractivity contribution is 5.71. The van der Waals surface area contributed by atoms with E-state index >= 15 is 0 Å². The fraction of sp³-hybridized carbons (Fsp3) is 0.533. The molecular formula is C15H20N2O4. The van der Waals surface area contributed by atoms with Crippen LogP contribution in [0.4, 0.5) is 5.69 Å². The van der Waals surface area contributed by atoms with Gasteiger partial charge in [0, 0.05) is 24.7 Å². The van der Waals surface area contributed by atoms with Crippen molar-refractivity contribution in [3.05, 3.63) is 39.9 Å². The van der Waals surface area contributed by atoms with Gasteiger partial charge in [-0.3, -0.25) is 19.8 Å². The molecule has 1 aliphatic carbocycles. The molecule has 0 radical (unpaired) electrons. The molecule has 0 saturated heterocycles. The van der Waals surface area contributed by atoms with Crippen LogP contribution >= 0.6 is 0 Å². The summed E-state index contributed by atoms with van der Waals surface area (Å²) in [5.41, 5.74) is 1.05. The lowest BCUT2D eigenvalue weighted by molar-refractivity contribution is -0.384. The van der Waals surface area contributed by atoms with Crippen molar-refractivity contribution in [1.82, 2.24) is 4.90 Å². The number of carbonyl (C=O) groups excluding carboxylic acids is 1. The third-order valence-electron chi connectivity index (χ3n) is 3.93. The number of ether oxygens (including phenoxy) is 1. The quantitative estimate of drug-likeness (QED) is 0.457. The van der Waals surface area contributed by atoms with Gasteiger partial charge in [0.25, 0.3) is 5.69 Å². The first-order valence-electron chi connectivity index (χ1n) is 7.14. The summed E-state index contributed by atoms with van der Waals surface area (Å²) in [5, 5.41) is 10.7. The van der Waals surface area contributed by atoms with Gasteiger partial charge in [0.05, 0.1) is 18.6 Å². The van der Waals surface area contributed by atoms with E-state index in [0.29, 0.717) is 12.6 Å². The Labute approximate surface area is 123 Å². The second-order valence-electron chi connectivity index (χ2n) is 5.34. The average molecular weight is 292 g/mol. The first kappa shape index (κ1) is 15.4. The van der Waals surface area contributed by atoms with Gasteiger partial charge in [0.2, 0.25) is 0 Å². The van der Waals surface area contributed by atoms with Crippen molar-refractivity contribution in [2.75, 3.05) is 13.7 Å². The Balaban J connectivity index is 2.06. The van der Waals surface area contributed by atoms with Crippen LogP contribution in [0, 0.1) is 10.1 Å². The van der Waals surface area contributed by atoms with E-state index in [2.05, 4.69) is 4.90 Å². The van der Waals surface area contributed by atoms with Crippen LogP contribution in [0.25, 0.3) is 0 Å². The van der Waals surface area contributed by atoms with Gasteiger partial charge in [0.1, 0.15) is 0 Å². The van der Waals surface area contributed by atoms with Gasteiger partial charge in [-0.25, -0.2) is 0 Å². The average Bonchev–Trinajstić information content (AvgIpc) is 3.01. The number of nitro benzene ring substituents is 1. The van der Waals surface area contributed by atoms with Crippen LogP contribution in [0.5, 0.6) is 0 Å². The molecule has 0 N–H and O–H groups in total. The molecule has 0 spiro atoms. The van der Waals surface area contributed by atoms with Gasteiger partial charge < -0.3 is 4.74 Å². The summed E-state index contributed by atoms with van der Waals surface area (Å²) in [6.07, 6.45) is 4.54. The highest BCUT2D eigenvalue weighted by Crippen LogP contribution is 2.25. The molecule has 0 amide bonds. The third-order valence-corrected chi connectivity index (χ3v) is 3.93. The van der Waals surface area contributed by atoms with E-state index in [0.717, 1.165) is 18.4 Å². The highest BCUT2D eigenvalue weighted by Gasteiger charge is 2.24. The van der Waals surface area contributed by atoms with Gasteiger partial charge in [0.15, 0.2) is 0 Å². The Kier molecular flexibility index (Phi) is 5.27. The molecule has 0 aromatic heterocycles. The maximum atomic E-state index is 11.6. The van der Waals surface area contributed by atoms with E-state index < -0.39 is 4.92 Å². The summed E-state index contributed by atoms with van der Waals surface area (Å²) >= 11 is 0. The van der Waals surface area contributed by atoms with E-state index in [4.69, 9.17) is 4.74 Å². The van der Waals surface area contributed by atoms with Crippen LogP contribution in [-0.2, 0) is 16.1 Å². The molecular weight excluding hydrogens is 272 g/mol. The number of hydrogen-bond acceptors (Lipinski definition) is 5. The molecule has 1 aliphatic rings. The third kappa shape index (κ3) is 4.26. The maximum Gasteiger partial charge on any atom is 0.319 e. The standard InChI is InChI=1S/C15H20N2O4/c1-21-15(18)11-16(13-4-2-3-5-13)10-12-6-8-14(9-7-12)17(19)20/h6-9,13H,2-5,10-11H2,1H3. The highest BCUT2D eigenvalue weighted by atomic mass is 16.6. The molecule has 0 aliphatic heterocycles. The van der Waals surface area contributed by atoms with Crippen molar-refractivity contribution in [2.45, 2.75) is 38.3 Å². The maximum absolute atomic E-state index is 11.6. The van der Waals surface area contributed by atoms with Gasteiger partial charge in [-0.05, 0) is 18.4 Å². The molecule has 6 heteroatoms. The number of nitro groups is 1. The summed E-state index contributed by atoms with van der Waals surface area (Å²) in [6, 6.07) is 6.88. The Morgan fingerprint density at radius 1 is 1.33 bits per heavy atom. The monoisotopic (exact) mass is 292 g/mol. The minimum atomic E-state index is -0.410. The Morgan fingerprint density at radius 3 is 2.48 bits per heavy atom. The molecule has 0 atom stereocenters. The van der Waals surface area contributed by atoms with Crippen LogP contribution < -0.4 is 0 Å². The lowest BCUT2D eigenvalue weighted by atomic mass is 10.1. The van der Waals surface area contributed by atoms with Crippen molar-refractivity contribution in [3.8, 4) is 0 Å². The predicted molar refractivity (Wildman–Crippen MR) is 77.8 cm³/mol. The zero-order valence-corrected chi connectivity index (χ0v) is 12.2. The van der Waals surface area contributed by atoms with Crippen molar-refractivity contribution >= 4 is 11.7 Å². The fourth-order valence-electron chi connectivity index (χ4n) is 2.77. The molecule has 1 saturated carbocycles. The van der Waals surface area contributed by atoms with Gasteiger partial charge >= 0.3 is 5.97 Å². The van der Waals surface area contributed by atoms with E-state index in [1.165, 1.54) is 32.1 Å². The molecule has 0 unspecified atom stereocenters. The second-order valence-corrected chi connectivity index (χ2v) is 5.34. The van der Waals surface area contributed by atoms with Crippen molar-refractivity contribution in [1.29, 1.82) is 0 Å². The fourth-order valence-corrected chi connectivity index (χ4v) is 2.77. The Morgan fingerprint density at radius 2 is 1.95 bits per heavy atom. The molecule has 1 fully saturated rings. The van der Waals surface area contributed by atoms with Gasteiger partial charge in [-0.2, -0.15) is 0 Å². The topological polar surface area (TPSA) is 72.7 Å². The number of esters is 1. The lowest BCUT2D eigenvalue weighted by Crippen LogP contribution is -2.37. The lowest BCUT2D eigenvalue weighted by Gasteiger charge is -2.27. The molecule has 6 nitrogen and oxygen atoms in total. The number of carbonyl (C=O) groups is 1. The summed E-state index contributed by atoms with van der Waals surface area (Å²) in [7, 11) is 1.39. The first-order chi connectivity index (χ1) is 10.1. The Hall–Kier alpha value is -1.95. The molecule has 0 bridgehead atoms. The van der Waals surface area contributed by atoms with Crippen molar-refractivity contribution in [3.63, 3.8) is 0 Å². The largest absolute Gasteiger partial charge is 0.468 e. The summed E-state index contributed by atoms with van der Waals surface area (Å²) < 4.78 is 4.76. The molecule has 2 rings (SSSR count). The van der Waals surface area contributed by atoms with Crippen LogP contribution in [0.3, 0.4) is 0 Å². The van der Waals surface area contributed by atoms with Crippen LogP contribution in [0.1, 0.15) is 31.2 Å². The smallest absolute Gasteiger partial charge is 0.319 e. The molecule has 21 heavy (non-hydrogen) atoms. The van der Waals surface area contributed by atoms with Crippen LogP contribution in [-0.4, -0.2) is 35.5 Å². The number of nitrogens with zero attached hydrogens (tertiary/aromatic N) is 2. The zero-order chi connectivity index (χ0) is 15.2. The van der Waals surface area contributed by atoms with Gasteiger partial charge in [-0.15, -0.1) is 0 Å². The summed E-state index contributed by atoms with van der Waals surface area (Å²) in [4.78, 5) is 23.9. The van der Waals surface area contributed by atoms with E-state index in [9.17, 15) is 14.9 Å². The van der Waals surface area contributed by atoms with Crippen molar-refractivity contribution in [2.24, 2.45) is 0 Å². The summed E-state index contributed by atoms with van der Waals surface area (Å²) in [6.45, 7) is 0.871. The number of benzene rings is 1. The van der Waals surface area contributed by atoms with Crippen LogP contribution in [0.15, 0.2) is 24.3 Å². The summed E-state index contributed by atoms with van der Waals surface area (Å²) in [5.74, 6) is -0.246. The number of hydrogen-bond donors (Lipinski definition) is 0. The minimum Gasteiger partial charge on any atom is -0.468 e. The molecule has 1 aromatic carbocycles. The SMILES string of the molecule is COC(=O)CN(Cc1ccc([N+](=O)[O-])cc1)C1CCCC1. The second kappa shape index (κ2) is 7.17. The Bertz CT molecular complexity index is 495. The molecule has 114 valence electrons. The van der Waals surface area contributed by atoms with Crippen molar-refractivity contribution < 1.29 is 14.5 Å².